The number of benzene rings is 1. The van der Waals surface area contributed by atoms with Crippen molar-refractivity contribution >= 4 is 33.5 Å². The van der Waals surface area contributed by atoms with Crippen molar-refractivity contribution in [2.75, 3.05) is 0 Å². The summed E-state index contributed by atoms with van der Waals surface area (Å²) in [6.07, 6.45) is 4.83. The first-order chi connectivity index (χ1) is 8.81. The maximum Gasteiger partial charge on any atom is 0.0961 e. The fourth-order valence-corrected chi connectivity index (χ4v) is 3.08. The standard InChI is InChI=1S/C15H13ClN2/c16-10-5-6-11-13(8-10)17-14-7-9-3-1-2-4-12(9)18-15(11)14/h5-8,17H,1-4H2. The SMILES string of the molecule is Clc1ccc2c(c1)[nH]c1cc3c(nc12)CCCC3. The van der Waals surface area contributed by atoms with Crippen LogP contribution >= 0.6 is 11.6 Å². The number of nitrogens with one attached hydrogen (secondary N) is 1. The Kier molecular flexibility index (Phi) is 2.15. The molecule has 0 aliphatic heterocycles. The van der Waals surface area contributed by atoms with Crippen LogP contribution in [0.3, 0.4) is 0 Å². The summed E-state index contributed by atoms with van der Waals surface area (Å²) >= 11 is 6.03. The molecule has 0 amide bonds. The summed E-state index contributed by atoms with van der Waals surface area (Å²) in [4.78, 5) is 8.28. The van der Waals surface area contributed by atoms with Gasteiger partial charge in [0, 0.05) is 21.6 Å². The average molecular weight is 257 g/mol. The van der Waals surface area contributed by atoms with E-state index in [2.05, 4.69) is 17.1 Å². The summed E-state index contributed by atoms with van der Waals surface area (Å²) in [7, 11) is 0. The number of halogens is 1. The van der Waals surface area contributed by atoms with Crippen LogP contribution in [0.15, 0.2) is 24.3 Å². The van der Waals surface area contributed by atoms with E-state index in [1.807, 2.05) is 12.1 Å². The molecule has 3 aromatic rings. The van der Waals surface area contributed by atoms with E-state index < -0.39 is 0 Å². The fourth-order valence-electron chi connectivity index (χ4n) is 2.91. The quantitative estimate of drug-likeness (QED) is 0.640. The van der Waals surface area contributed by atoms with Gasteiger partial charge in [0.2, 0.25) is 0 Å². The van der Waals surface area contributed by atoms with E-state index in [0.717, 1.165) is 34.4 Å². The molecular formula is C15H13ClN2. The zero-order valence-corrected chi connectivity index (χ0v) is 10.7. The Bertz CT molecular complexity index is 758. The Hall–Kier alpha value is -1.54. The minimum absolute atomic E-state index is 0.763. The molecule has 1 N–H and O–H groups in total. The van der Waals surface area contributed by atoms with Gasteiger partial charge < -0.3 is 4.98 Å². The van der Waals surface area contributed by atoms with Crippen LogP contribution in [-0.2, 0) is 12.8 Å². The summed E-state index contributed by atoms with van der Waals surface area (Å²) in [6.45, 7) is 0. The second kappa shape index (κ2) is 3.72. The average Bonchev–Trinajstić information content (AvgIpc) is 2.72. The van der Waals surface area contributed by atoms with Crippen molar-refractivity contribution in [3.05, 3.63) is 40.5 Å². The Morgan fingerprint density at radius 3 is 2.89 bits per heavy atom. The molecule has 2 heterocycles. The first-order valence-electron chi connectivity index (χ1n) is 6.41. The van der Waals surface area contributed by atoms with E-state index in [4.69, 9.17) is 16.6 Å². The summed E-state index contributed by atoms with van der Waals surface area (Å²) in [5, 5.41) is 1.93. The number of fused-ring (bicyclic) bond motifs is 4. The minimum Gasteiger partial charge on any atom is -0.353 e. The molecule has 1 aliphatic carbocycles. The summed E-state index contributed by atoms with van der Waals surface area (Å²) < 4.78 is 0. The maximum absolute atomic E-state index is 6.03. The molecule has 2 aromatic heterocycles. The van der Waals surface area contributed by atoms with Gasteiger partial charge in [0.15, 0.2) is 0 Å². The predicted molar refractivity (Wildman–Crippen MR) is 75.3 cm³/mol. The van der Waals surface area contributed by atoms with Gasteiger partial charge in [-0.3, -0.25) is 4.98 Å². The smallest absolute Gasteiger partial charge is 0.0961 e. The van der Waals surface area contributed by atoms with Crippen LogP contribution in [0.5, 0.6) is 0 Å². The van der Waals surface area contributed by atoms with Crippen molar-refractivity contribution in [3.63, 3.8) is 0 Å². The Balaban J connectivity index is 2.09. The summed E-state index contributed by atoms with van der Waals surface area (Å²) in [6, 6.07) is 8.22. The Morgan fingerprint density at radius 1 is 1.06 bits per heavy atom. The van der Waals surface area contributed by atoms with Gasteiger partial charge in [-0.15, -0.1) is 0 Å². The second-order valence-electron chi connectivity index (χ2n) is 5.01. The Labute approximate surface area is 110 Å². The van der Waals surface area contributed by atoms with E-state index in [1.165, 1.54) is 29.5 Å². The van der Waals surface area contributed by atoms with Crippen molar-refractivity contribution in [2.24, 2.45) is 0 Å². The van der Waals surface area contributed by atoms with Crippen molar-refractivity contribution in [1.29, 1.82) is 0 Å². The minimum atomic E-state index is 0.763. The van der Waals surface area contributed by atoms with Crippen LogP contribution in [0.2, 0.25) is 5.02 Å². The number of hydrogen-bond acceptors (Lipinski definition) is 1. The van der Waals surface area contributed by atoms with E-state index in [9.17, 15) is 0 Å². The van der Waals surface area contributed by atoms with Crippen LogP contribution in [0.1, 0.15) is 24.1 Å². The van der Waals surface area contributed by atoms with Crippen molar-refractivity contribution in [3.8, 4) is 0 Å². The van der Waals surface area contributed by atoms with E-state index in [0.29, 0.717) is 0 Å². The van der Waals surface area contributed by atoms with Gasteiger partial charge in [-0.1, -0.05) is 11.6 Å². The highest BCUT2D eigenvalue weighted by molar-refractivity contribution is 6.31. The van der Waals surface area contributed by atoms with Crippen molar-refractivity contribution < 1.29 is 0 Å². The Morgan fingerprint density at radius 2 is 1.94 bits per heavy atom. The molecule has 3 heteroatoms. The number of hydrogen-bond donors (Lipinski definition) is 1. The molecule has 90 valence electrons. The summed E-state index contributed by atoms with van der Waals surface area (Å²) in [5.41, 5.74) is 5.98. The molecule has 0 saturated heterocycles. The molecule has 2 nitrogen and oxygen atoms in total. The van der Waals surface area contributed by atoms with Crippen molar-refractivity contribution in [2.45, 2.75) is 25.7 Å². The van der Waals surface area contributed by atoms with Crippen LogP contribution in [-0.4, -0.2) is 9.97 Å². The summed E-state index contributed by atoms with van der Waals surface area (Å²) in [5.74, 6) is 0. The zero-order chi connectivity index (χ0) is 12.1. The van der Waals surface area contributed by atoms with Gasteiger partial charge in [-0.25, -0.2) is 0 Å². The topological polar surface area (TPSA) is 28.7 Å². The molecule has 1 aliphatic rings. The van der Waals surface area contributed by atoms with Gasteiger partial charge in [0.25, 0.3) is 0 Å². The maximum atomic E-state index is 6.03. The number of aryl methyl sites for hydroxylation is 2. The second-order valence-corrected chi connectivity index (χ2v) is 5.45. The molecule has 0 bridgehead atoms. The lowest BCUT2D eigenvalue weighted by Gasteiger charge is -2.14. The van der Waals surface area contributed by atoms with Crippen LogP contribution in [0.25, 0.3) is 21.9 Å². The van der Waals surface area contributed by atoms with Gasteiger partial charge in [0.1, 0.15) is 0 Å². The van der Waals surface area contributed by atoms with E-state index in [-0.39, 0.29) is 0 Å². The van der Waals surface area contributed by atoms with Crippen LogP contribution < -0.4 is 0 Å². The van der Waals surface area contributed by atoms with Gasteiger partial charge in [0.05, 0.1) is 11.0 Å². The van der Waals surface area contributed by atoms with Crippen LogP contribution in [0, 0.1) is 0 Å². The molecule has 18 heavy (non-hydrogen) atoms. The number of aromatic amines is 1. The molecule has 0 fully saturated rings. The molecule has 0 unspecified atom stereocenters. The monoisotopic (exact) mass is 256 g/mol. The molecule has 1 aromatic carbocycles. The number of pyridine rings is 1. The molecule has 0 radical (unpaired) electrons. The molecule has 0 saturated carbocycles. The number of rotatable bonds is 0. The highest BCUT2D eigenvalue weighted by atomic mass is 35.5. The zero-order valence-electron chi connectivity index (χ0n) is 9.96. The third kappa shape index (κ3) is 1.45. The van der Waals surface area contributed by atoms with Crippen LogP contribution in [0.4, 0.5) is 0 Å². The predicted octanol–water partition coefficient (Wildman–Crippen LogP) is 4.25. The largest absolute Gasteiger partial charge is 0.353 e. The molecular weight excluding hydrogens is 244 g/mol. The number of aromatic nitrogens is 2. The first kappa shape index (κ1) is 10.4. The fraction of sp³-hybridized carbons (Fsp3) is 0.267. The van der Waals surface area contributed by atoms with E-state index in [1.54, 1.807) is 0 Å². The van der Waals surface area contributed by atoms with Crippen molar-refractivity contribution in [1.82, 2.24) is 9.97 Å². The first-order valence-corrected chi connectivity index (χ1v) is 6.79. The third-order valence-corrected chi connectivity index (χ3v) is 4.04. The van der Waals surface area contributed by atoms with E-state index >= 15 is 0 Å². The molecule has 0 spiro atoms. The highest BCUT2D eigenvalue weighted by Crippen LogP contribution is 2.29. The molecule has 0 atom stereocenters. The lowest BCUT2D eigenvalue weighted by atomic mass is 9.96. The van der Waals surface area contributed by atoms with Gasteiger partial charge >= 0.3 is 0 Å². The number of H-pyrrole nitrogens is 1. The molecule has 4 rings (SSSR count). The third-order valence-electron chi connectivity index (χ3n) is 3.81. The van der Waals surface area contributed by atoms with Gasteiger partial charge in [-0.2, -0.15) is 0 Å². The lowest BCUT2D eigenvalue weighted by Crippen LogP contribution is -2.04. The van der Waals surface area contributed by atoms with Gasteiger partial charge in [-0.05, 0) is 55.5 Å². The number of nitrogens with zero attached hydrogens (tertiary/aromatic N) is 1. The highest BCUT2D eigenvalue weighted by Gasteiger charge is 2.14. The normalized spacial score (nSPS) is 15.2. The lowest BCUT2D eigenvalue weighted by molar-refractivity contribution is 0.671.